The Morgan fingerprint density at radius 2 is 1.51 bits per heavy atom. The summed E-state index contributed by atoms with van der Waals surface area (Å²) in [5.74, 6) is -3.22. The van der Waals surface area contributed by atoms with E-state index in [2.05, 4.69) is 29.7 Å². The maximum absolute atomic E-state index is 13.3. The lowest BCUT2D eigenvalue weighted by Crippen LogP contribution is -2.30. The predicted molar refractivity (Wildman–Crippen MR) is 192 cm³/mol. The summed E-state index contributed by atoms with van der Waals surface area (Å²) in [7, 11) is -19.0. The normalized spacial score (nSPS) is 15.8. The molecule has 55 heavy (non-hydrogen) atoms. The van der Waals surface area contributed by atoms with E-state index in [9.17, 15) is 57.8 Å². The van der Waals surface area contributed by atoms with Gasteiger partial charge in [0.05, 0.1) is 44.3 Å². The number of azo groups is 2. The van der Waals surface area contributed by atoms with E-state index in [0.29, 0.717) is 0 Å². The van der Waals surface area contributed by atoms with Crippen molar-refractivity contribution in [2.24, 2.45) is 25.6 Å². The van der Waals surface area contributed by atoms with Crippen molar-refractivity contribution in [2.45, 2.75) is 34.6 Å². The molecule has 0 fully saturated rings. The molecule has 4 aromatic carbocycles. The summed E-state index contributed by atoms with van der Waals surface area (Å²) in [5, 5.41) is 41.6. The van der Waals surface area contributed by atoms with Crippen LogP contribution in [-0.2, 0) is 49.5 Å². The van der Waals surface area contributed by atoms with Crippen molar-refractivity contribution in [3.63, 3.8) is 0 Å². The van der Waals surface area contributed by atoms with Crippen molar-refractivity contribution < 1.29 is 66.5 Å². The summed E-state index contributed by atoms with van der Waals surface area (Å²) in [4.78, 5) is 11.4. The molecule has 1 aliphatic rings. The second kappa shape index (κ2) is 14.9. The highest BCUT2D eigenvalue weighted by Gasteiger charge is 2.36. The number of rotatable bonds is 12. The Morgan fingerprint density at radius 3 is 2.15 bits per heavy atom. The van der Waals surface area contributed by atoms with Crippen LogP contribution in [-0.4, -0.2) is 87.6 Å². The smallest absolute Gasteiger partial charge is 0.397 e. The van der Waals surface area contributed by atoms with E-state index in [-0.39, 0.29) is 38.4 Å². The Balaban J connectivity index is 1.47. The number of phenolic OH excluding ortho intramolecular Hbond substituents is 2. The van der Waals surface area contributed by atoms with Gasteiger partial charge in [-0.25, -0.2) is 12.6 Å². The quantitative estimate of drug-likeness (QED) is 0.0961. The van der Waals surface area contributed by atoms with Crippen molar-refractivity contribution in [3.05, 3.63) is 65.2 Å². The Bertz CT molecular complexity index is 2830. The number of carbonyl (C=O) groups is 1. The summed E-state index contributed by atoms with van der Waals surface area (Å²) in [6.07, 6.45) is 0. The van der Waals surface area contributed by atoms with Gasteiger partial charge in [-0.2, -0.15) is 45.6 Å². The van der Waals surface area contributed by atoms with Crippen LogP contribution in [0, 0.1) is 6.92 Å². The molecule has 26 heteroatoms. The van der Waals surface area contributed by atoms with Crippen molar-refractivity contribution in [1.82, 2.24) is 0 Å². The molecule has 1 unspecified atom stereocenters. The van der Waals surface area contributed by atoms with Crippen LogP contribution < -0.4 is 5.01 Å². The number of sulfone groups is 1. The summed E-state index contributed by atoms with van der Waals surface area (Å²) < 4.78 is 127. The number of anilines is 1. The fourth-order valence-corrected chi connectivity index (χ4v) is 8.21. The van der Waals surface area contributed by atoms with Gasteiger partial charge in [-0.3, -0.25) is 18.5 Å². The van der Waals surface area contributed by atoms with Gasteiger partial charge in [0.1, 0.15) is 22.0 Å². The van der Waals surface area contributed by atoms with E-state index in [1.54, 1.807) is 0 Å². The number of hydrazone groups is 1. The fraction of sp³-hybridized carbons (Fsp3) is 0.172. The molecule has 0 aliphatic carbocycles. The lowest BCUT2D eigenvalue weighted by molar-refractivity contribution is -0.117. The van der Waals surface area contributed by atoms with Crippen LogP contribution in [0.3, 0.4) is 0 Å². The summed E-state index contributed by atoms with van der Waals surface area (Å²) >= 11 is 6.21. The van der Waals surface area contributed by atoms with Crippen LogP contribution >= 0.6 is 11.6 Å². The van der Waals surface area contributed by atoms with Crippen molar-refractivity contribution in [3.8, 4) is 11.5 Å². The Labute approximate surface area is 316 Å². The first-order chi connectivity index (χ1) is 25.4. The van der Waals surface area contributed by atoms with Gasteiger partial charge in [0.2, 0.25) is 0 Å². The molecule has 21 nitrogen and oxygen atoms in total. The maximum atomic E-state index is 13.3. The van der Waals surface area contributed by atoms with Gasteiger partial charge in [0.15, 0.2) is 21.6 Å². The van der Waals surface area contributed by atoms with Gasteiger partial charge in [0.25, 0.3) is 26.1 Å². The molecule has 1 amide bonds. The van der Waals surface area contributed by atoms with Gasteiger partial charge >= 0.3 is 10.4 Å². The number of halogens is 1. The molecule has 0 radical (unpaired) electrons. The van der Waals surface area contributed by atoms with Crippen LogP contribution in [0.2, 0.25) is 5.02 Å². The van der Waals surface area contributed by atoms with Crippen LogP contribution in [0.25, 0.3) is 10.8 Å². The highest BCUT2D eigenvalue weighted by molar-refractivity contribution is 7.91. The minimum absolute atomic E-state index is 0.00394. The molecule has 292 valence electrons. The first kappa shape index (κ1) is 41.2. The van der Waals surface area contributed by atoms with Crippen LogP contribution in [0.4, 0.5) is 22.7 Å². The SMILES string of the molecule is CC1=NN(c2cc(C)c(S(=O)(=O)O)cc2Cl)C(=O)C1N=Nc1ccc2cc(S(=O)(=O)O)c(N=Nc3cc(S(=O)(=O)CCOS(=O)(=O)O)ccc3O)c(O)c2c1. The number of fused-ring (bicyclic) bond motifs is 1. The van der Waals surface area contributed by atoms with Crippen molar-refractivity contribution >= 4 is 97.2 Å². The fourth-order valence-electron chi connectivity index (χ4n) is 5.01. The summed E-state index contributed by atoms with van der Waals surface area (Å²) in [6.45, 7) is 1.86. The van der Waals surface area contributed by atoms with E-state index >= 15 is 0 Å². The van der Waals surface area contributed by atoms with Gasteiger partial charge in [-0.15, -0.1) is 10.2 Å². The number of hydrogen-bond acceptors (Lipinski definition) is 17. The minimum Gasteiger partial charge on any atom is -0.506 e. The van der Waals surface area contributed by atoms with E-state index in [4.69, 9.17) is 16.2 Å². The second-order valence-corrected chi connectivity index (χ2v) is 17.8. The predicted octanol–water partition coefficient (Wildman–Crippen LogP) is 4.59. The van der Waals surface area contributed by atoms with Crippen molar-refractivity contribution in [1.29, 1.82) is 0 Å². The topological polar surface area (TPSA) is 329 Å². The molecular formula is C29H25ClN6O15S4. The Morgan fingerprint density at radius 1 is 0.836 bits per heavy atom. The number of amides is 1. The average Bonchev–Trinajstić information content (AvgIpc) is 3.34. The number of aromatic hydroxyl groups is 2. The third-order valence-electron chi connectivity index (χ3n) is 7.60. The average molecular weight is 861 g/mol. The number of aryl methyl sites for hydroxylation is 1. The number of nitrogens with zero attached hydrogens (tertiary/aromatic N) is 6. The van der Waals surface area contributed by atoms with E-state index in [0.717, 1.165) is 35.3 Å². The largest absolute Gasteiger partial charge is 0.506 e. The molecule has 1 atom stereocenters. The van der Waals surface area contributed by atoms with Crippen molar-refractivity contribution in [2.75, 3.05) is 17.4 Å². The third kappa shape index (κ3) is 9.11. The molecule has 0 bridgehead atoms. The maximum Gasteiger partial charge on any atom is 0.397 e. The monoisotopic (exact) mass is 860 g/mol. The lowest BCUT2D eigenvalue weighted by Gasteiger charge is -2.16. The summed E-state index contributed by atoms with van der Waals surface area (Å²) in [5.41, 5.74) is -1.21. The standard InChI is InChI=1S/C29H25ClN6O15S4/c1-14-9-22(20(30)13-24(14)53(42,43)44)36-29(39)26(15(2)35-36)33-31-17-4-3-16-10-25(54(45,46)47)27(28(38)19(16)11-17)34-32-21-12-18(5-6-23(21)37)52(40,41)8-7-51-55(48,49)50/h3-6,9-13,26,37-38H,7-8H2,1-2H3,(H,42,43,44)(H,45,46,47)(H,48,49,50). The number of carbonyl (C=O) groups excluding carboxylic acids is 1. The molecule has 0 spiro atoms. The lowest BCUT2D eigenvalue weighted by atomic mass is 10.1. The van der Waals surface area contributed by atoms with E-state index in [1.165, 1.54) is 38.1 Å². The minimum atomic E-state index is -5.11. The molecular weight excluding hydrogens is 836 g/mol. The zero-order valence-corrected chi connectivity index (χ0v) is 31.7. The Kier molecular flexibility index (Phi) is 11.2. The molecule has 1 heterocycles. The first-order valence-corrected chi connectivity index (χ1v) is 21.1. The second-order valence-electron chi connectivity index (χ2n) is 11.4. The number of phenols is 2. The summed E-state index contributed by atoms with van der Waals surface area (Å²) in [6, 6.07) is 8.21. The zero-order valence-electron chi connectivity index (χ0n) is 27.7. The molecule has 1 aliphatic heterocycles. The van der Waals surface area contributed by atoms with Crippen LogP contribution in [0.15, 0.2) is 94.8 Å². The zero-order chi connectivity index (χ0) is 40.8. The van der Waals surface area contributed by atoms with Gasteiger partial charge < -0.3 is 10.2 Å². The third-order valence-corrected chi connectivity index (χ3v) is 11.9. The molecule has 0 aromatic heterocycles. The first-order valence-electron chi connectivity index (χ1n) is 14.8. The molecule has 4 aromatic rings. The number of benzene rings is 4. The Hall–Kier alpha value is -4.99. The molecule has 5 rings (SSSR count). The molecule has 5 N–H and O–H groups in total. The number of hydrogen-bond donors (Lipinski definition) is 5. The molecule has 0 saturated heterocycles. The van der Waals surface area contributed by atoms with Crippen LogP contribution in [0.1, 0.15) is 12.5 Å². The van der Waals surface area contributed by atoms with Crippen LogP contribution in [0.5, 0.6) is 11.5 Å². The van der Waals surface area contributed by atoms with E-state index < -0.39 is 102 Å². The van der Waals surface area contributed by atoms with Gasteiger partial charge in [0, 0.05) is 5.39 Å². The highest BCUT2D eigenvalue weighted by Crippen LogP contribution is 2.43. The molecule has 0 saturated carbocycles. The highest BCUT2D eigenvalue weighted by atomic mass is 35.5. The van der Waals surface area contributed by atoms with E-state index in [1.807, 2.05) is 0 Å². The van der Waals surface area contributed by atoms with Gasteiger partial charge in [-0.05, 0) is 73.3 Å². The van der Waals surface area contributed by atoms with Gasteiger partial charge in [-0.1, -0.05) is 17.7 Å².